The third kappa shape index (κ3) is 13.3. The van der Waals surface area contributed by atoms with E-state index in [1.54, 1.807) is 0 Å². The number of rotatable bonds is 13. The molecule has 0 aliphatic carbocycles. The maximum Gasteiger partial charge on any atom is 0.220 e. The minimum Gasteiger partial charge on any atom is -0.381 e. The van der Waals surface area contributed by atoms with Crippen LogP contribution in [-0.2, 0) is 14.3 Å². The lowest BCUT2D eigenvalue weighted by atomic mass is 10.1. The van der Waals surface area contributed by atoms with Crippen LogP contribution in [0.3, 0.4) is 0 Å². The molecular weight excluding hydrogens is 242 g/mol. The lowest BCUT2D eigenvalue weighted by Gasteiger charge is -2.05. The zero-order chi connectivity index (χ0) is 14.3. The van der Waals surface area contributed by atoms with Crippen molar-refractivity contribution in [1.82, 2.24) is 5.32 Å². The van der Waals surface area contributed by atoms with E-state index in [9.17, 15) is 9.59 Å². The van der Waals surface area contributed by atoms with E-state index >= 15 is 0 Å². The standard InChI is InChI=1S/C15H29NO3/c1-3-12-19-13-8-10-15(18)16-11-7-5-6-9-14(17)4-2/h3-13H2,1-2H3,(H,16,18). The summed E-state index contributed by atoms with van der Waals surface area (Å²) in [7, 11) is 0. The molecule has 0 rings (SSSR count). The van der Waals surface area contributed by atoms with Crippen molar-refractivity contribution in [2.75, 3.05) is 19.8 Å². The lowest BCUT2D eigenvalue weighted by Crippen LogP contribution is -2.24. The van der Waals surface area contributed by atoms with Gasteiger partial charge in [-0.3, -0.25) is 9.59 Å². The molecule has 0 aromatic rings. The predicted octanol–water partition coefficient (Wildman–Crippen LogP) is 2.85. The topological polar surface area (TPSA) is 55.4 Å². The van der Waals surface area contributed by atoms with E-state index in [2.05, 4.69) is 12.2 Å². The van der Waals surface area contributed by atoms with Crippen molar-refractivity contribution in [3.63, 3.8) is 0 Å². The highest BCUT2D eigenvalue weighted by atomic mass is 16.5. The number of ether oxygens (including phenoxy) is 1. The molecular formula is C15H29NO3. The van der Waals surface area contributed by atoms with Crippen molar-refractivity contribution in [2.45, 2.75) is 65.2 Å². The van der Waals surface area contributed by atoms with Gasteiger partial charge in [0.25, 0.3) is 0 Å². The van der Waals surface area contributed by atoms with Gasteiger partial charge in [-0.1, -0.05) is 20.3 Å². The number of Topliss-reactive ketones (excluding diaryl/α,β-unsaturated/α-hetero) is 1. The van der Waals surface area contributed by atoms with Crippen LogP contribution in [0.2, 0.25) is 0 Å². The van der Waals surface area contributed by atoms with Gasteiger partial charge < -0.3 is 10.1 Å². The Hall–Kier alpha value is -0.900. The summed E-state index contributed by atoms with van der Waals surface area (Å²) in [6, 6.07) is 0. The molecule has 1 amide bonds. The molecule has 19 heavy (non-hydrogen) atoms. The fraction of sp³-hybridized carbons (Fsp3) is 0.867. The third-order valence-corrected chi connectivity index (χ3v) is 2.89. The second-order valence-corrected chi connectivity index (χ2v) is 4.77. The average Bonchev–Trinajstić information content (AvgIpc) is 2.42. The Labute approximate surface area is 117 Å². The summed E-state index contributed by atoms with van der Waals surface area (Å²) < 4.78 is 5.31. The number of nitrogens with one attached hydrogen (secondary N) is 1. The van der Waals surface area contributed by atoms with E-state index in [4.69, 9.17) is 4.74 Å². The summed E-state index contributed by atoms with van der Waals surface area (Å²) >= 11 is 0. The van der Waals surface area contributed by atoms with Gasteiger partial charge >= 0.3 is 0 Å². The lowest BCUT2D eigenvalue weighted by molar-refractivity contribution is -0.121. The molecule has 112 valence electrons. The van der Waals surface area contributed by atoms with Crippen LogP contribution in [0, 0.1) is 0 Å². The molecule has 1 N–H and O–H groups in total. The Morgan fingerprint density at radius 3 is 2.42 bits per heavy atom. The van der Waals surface area contributed by atoms with Gasteiger partial charge in [-0.15, -0.1) is 0 Å². The minimum atomic E-state index is 0.102. The summed E-state index contributed by atoms with van der Waals surface area (Å²) in [5.74, 6) is 0.431. The van der Waals surface area contributed by atoms with Gasteiger partial charge in [0.05, 0.1) is 0 Å². The number of amides is 1. The first-order chi connectivity index (χ1) is 9.20. The van der Waals surface area contributed by atoms with Crippen LogP contribution < -0.4 is 5.32 Å². The number of carbonyl (C=O) groups is 2. The van der Waals surface area contributed by atoms with E-state index in [-0.39, 0.29) is 5.91 Å². The molecule has 0 heterocycles. The molecule has 0 aromatic carbocycles. The molecule has 0 saturated carbocycles. The Bertz CT molecular complexity index is 242. The van der Waals surface area contributed by atoms with Crippen molar-refractivity contribution in [1.29, 1.82) is 0 Å². The Morgan fingerprint density at radius 2 is 1.74 bits per heavy atom. The molecule has 0 bridgehead atoms. The zero-order valence-electron chi connectivity index (χ0n) is 12.5. The molecule has 0 aliphatic heterocycles. The summed E-state index contributed by atoms with van der Waals surface area (Å²) in [6.07, 6.45) is 6.56. The van der Waals surface area contributed by atoms with Gasteiger partial charge in [0.15, 0.2) is 0 Å². The van der Waals surface area contributed by atoms with Crippen molar-refractivity contribution >= 4 is 11.7 Å². The second-order valence-electron chi connectivity index (χ2n) is 4.77. The molecule has 0 aliphatic rings. The highest BCUT2D eigenvalue weighted by molar-refractivity contribution is 5.77. The van der Waals surface area contributed by atoms with Crippen LogP contribution in [-0.4, -0.2) is 31.4 Å². The summed E-state index contributed by atoms with van der Waals surface area (Å²) in [5, 5.41) is 2.90. The van der Waals surface area contributed by atoms with Crippen molar-refractivity contribution in [2.24, 2.45) is 0 Å². The van der Waals surface area contributed by atoms with Crippen LogP contribution in [0.4, 0.5) is 0 Å². The van der Waals surface area contributed by atoms with Crippen LogP contribution in [0.15, 0.2) is 0 Å². The van der Waals surface area contributed by atoms with Crippen molar-refractivity contribution in [3.05, 3.63) is 0 Å². The summed E-state index contributed by atoms with van der Waals surface area (Å²) in [4.78, 5) is 22.5. The van der Waals surface area contributed by atoms with Gasteiger partial charge in [0.1, 0.15) is 5.78 Å². The average molecular weight is 271 g/mol. The molecule has 0 radical (unpaired) electrons. The maximum atomic E-state index is 11.4. The van der Waals surface area contributed by atoms with Gasteiger partial charge in [0.2, 0.25) is 5.91 Å². The summed E-state index contributed by atoms with van der Waals surface area (Å²) in [6.45, 7) is 6.13. The van der Waals surface area contributed by atoms with Gasteiger partial charge in [0, 0.05) is 39.0 Å². The highest BCUT2D eigenvalue weighted by Gasteiger charge is 2.01. The largest absolute Gasteiger partial charge is 0.381 e. The Balaban J connectivity index is 3.22. The molecule has 0 saturated heterocycles. The highest BCUT2D eigenvalue weighted by Crippen LogP contribution is 2.01. The van der Waals surface area contributed by atoms with Gasteiger partial charge in [-0.05, 0) is 25.7 Å². The van der Waals surface area contributed by atoms with Gasteiger partial charge in [-0.25, -0.2) is 0 Å². The van der Waals surface area contributed by atoms with Crippen molar-refractivity contribution < 1.29 is 14.3 Å². The van der Waals surface area contributed by atoms with Crippen LogP contribution in [0.5, 0.6) is 0 Å². The first-order valence-corrected chi connectivity index (χ1v) is 7.56. The minimum absolute atomic E-state index is 0.102. The van der Waals surface area contributed by atoms with E-state index in [1.165, 1.54) is 0 Å². The smallest absolute Gasteiger partial charge is 0.220 e. The third-order valence-electron chi connectivity index (χ3n) is 2.89. The number of ketones is 1. The quantitative estimate of drug-likeness (QED) is 0.524. The van der Waals surface area contributed by atoms with Crippen molar-refractivity contribution in [3.8, 4) is 0 Å². The Morgan fingerprint density at radius 1 is 0.947 bits per heavy atom. The monoisotopic (exact) mass is 271 g/mol. The number of unbranched alkanes of at least 4 members (excludes halogenated alkanes) is 2. The summed E-state index contributed by atoms with van der Waals surface area (Å²) in [5.41, 5.74) is 0. The van der Waals surface area contributed by atoms with E-state index in [0.29, 0.717) is 31.7 Å². The van der Waals surface area contributed by atoms with Crippen LogP contribution in [0.1, 0.15) is 65.2 Å². The second kappa shape index (κ2) is 13.5. The first kappa shape index (κ1) is 18.1. The Kier molecular flexibility index (Phi) is 12.9. The predicted molar refractivity (Wildman–Crippen MR) is 77.1 cm³/mol. The maximum absolute atomic E-state index is 11.4. The molecule has 0 fully saturated rings. The molecule has 0 aromatic heterocycles. The van der Waals surface area contributed by atoms with E-state index < -0.39 is 0 Å². The fourth-order valence-electron chi connectivity index (χ4n) is 1.70. The number of hydrogen-bond donors (Lipinski definition) is 1. The molecule has 4 nitrogen and oxygen atoms in total. The van der Waals surface area contributed by atoms with Gasteiger partial charge in [-0.2, -0.15) is 0 Å². The SMILES string of the molecule is CCCOCCCC(=O)NCCCCCC(=O)CC. The zero-order valence-corrected chi connectivity index (χ0v) is 12.5. The van der Waals surface area contributed by atoms with Crippen LogP contribution in [0.25, 0.3) is 0 Å². The number of carbonyl (C=O) groups excluding carboxylic acids is 2. The normalized spacial score (nSPS) is 10.4. The van der Waals surface area contributed by atoms with E-state index in [1.807, 2.05) is 6.92 Å². The fourth-order valence-corrected chi connectivity index (χ4v) is 1.70. The van der Waals surface area contributed by atoms with Crippen LogP contribution >= 0.6 is 0 Å². The molecule has 4 heteroatoms. The number of hydrogen-bond acceptors (Lipinski definition) is 3. The first-order valence-electron chi connectivity index (χ1n) is 7.56. The van der Waals surface area contributed by atoms with E-state index in [0.717, 1.165) is 45.3 Å². The molecule has 0 spiro atoms. The molecule has 0 atom stereocenters. The molecule has 0 unspecified atom stereocenters.